The normalized spacial score (nSPS) is 11.9. The first-order valence-electron chi connectivity index (χ1n) is 5.30. The molecule has 0 aliphatic heterocycles. The fourth-order valence-corrected chi connectivity index (χ4v) is 1.81. The molecule has 0 amide bonds. The quantitative estimate of drug-likeness (QED) is 0.320. The number of aromatic carboxylic acids is 1. The number of fused-ring (bicyclic) bond motifs is 1. The van der Waals surface area contributed by atoms with Crippen molar-refractivity contribution < 1.29 is 15.1 Å². The number of hydrogen-bond donors (Lipinski definition) is 3. The average molecular weight is 248 g/mol. The number of nitrogens with zero attached hydrogens (tertiary/aromatic N) is 3. The van der Waals surface area contributed by atoms with E-state index in [9.17, 15) is 4.79 Å². The summed E-state index contributed by atoms with van der Waals surface area (Å²) in [5, 5.41) is 20.6. The van der Waals surface area contributed by atoms with Gasteiger partial charge < -0.3 is 20.4 Å². The standard InChI is InChI=1S/C11H12N4O3/c1-2-7-9(11(16)17)13-8-4-3-6(5-15(7)8)10(12)14-18/h3-5,18H,2H2,1H3,(H2,12,14)(H,16,17). The molecule has 0 atom stereocenters. The molecule has 94 valence electrons. The highest BCUT2D eigenvalue weighted by atomic mass is 16.4. The van der Waals surface area contributed by atoms with E-state index in [2.05, 4.69) is 10.1 Å². The third-order valence-corrected chi connectivity index (χ3v) is 2.66. The van der Waals surface area contributed by atoms with Crippen LogP contribution in [0.25, 0.3) is 5.65 Å². The van der Waals surface area contributed by atoms with Crippen LogP contribution in [0, 0.1) is 0 Å². The highest BCUT2D eigenvalue weighted by Gasteiger charge is 2.17. The molecular weight excluding hydrogens is 236 g/mol. The lowest BCUT2D eigenvalue weighted by molar-refractivity contribution is 0.0690. The maximum Gasteiger partial charge on any atom is 0.356 e. The van der Waals surface area contributed by atoms with Crippen LogP contribution in [0.3, 0.4) is 0 Å². The van der Waals surface area contributed by atoms with Crippen molar-refractivity contribution in [2.45, 2.75) is 13.3 Å². The van der Waals surface area contributed by atoms with Crippen LogP contribution in [0.2, 0.25) is 0 Å². The van der Waals surface area contributed by atoms with Crippen molar-refractivity contribution in [3.05, 3.63) is 35.3 Å². The van der Waals surface area contributed by atoms with Crippen molar-refractivity contribution in [1.29, 1.82) is 0 Å². The van der Waals surface area contributed by atoms with Gasteiger partial charge in [-0.2, -0.15) is 0 Å². The number of pyridine rings is 1. The molecule has 18 heavy (non-hydrogen) atoms. The molecule has 0 bridgehead atoms. The van der Waals surface area contributed by atoms with E-state index in [1.807, 2.05) is 6.92 Å². The summed E-state index contributed by atoms with van der Waals surface area (Å²) in [6, 6.07) is 3.24. The summed E-state index contributed by atoms with van der Waals surface area (Å²) < 4.78 is 1.64. The largest absolute Gasteiger partial charge is 0.476 e. The van der Waals surface area contributed by atoms with E-state index in [0.717, 1.165) is 0 Å². The second-order valence-corrected chi connectivity index (χ2v) is 3.70. The summed E-state index contributed by atoms with van der Waals surface area (Å²) in [6.07, 6.45) is 2.12. The summed E-state index contributed by atoms with van der Waals surface area (Å²) in [7, 11) is 0. The molecule has 0 fully saturated rings. The Kier molecular flexibility index (Phi) is 2.88. The van der Waals surface area contributed by atoms with Gasteiger partial charge in [0.15, 0.2) is 11.5 Å². The number of carbonyl (C=O) groups is 1. The first kappa shape index (κ1) is 11.9. The van der Waals surface area contributed by atoms with E-state index in [0.29, 0.717) is 23.3 Å². The summed E-state index contributed by atoms with van der Waals surface area (Å²) in [4.78, 5) is 15.1. The second kappa shape index (κ2) is 4.36. The molecule has 7 heteroatoms. The number of rotatable bonds is 3. The Bertz CT molecular complexity index is 645. The lowest BCUT2D eigenvalue weighted by atomic mass is 10.2. The molecular formula is C11H12N4O3. The second-order valence-electron chi connectivity index (χ2n) is 3.70. The van der Waals surface area contributed by atoms with Gasteiger partial charge in [-0.25, -0.2) is 9.78 Å². The molecule has 2 heterocycles. The summed E-state index contributed by atoms with van der Waals surface area (Å²) in [5.74, 6) is -1.11. The van der Waals surface area contributed by atoms with Crippen LogP contribution in [0.4, 0.5) is 0 Å². The molecule has 0 aromatic carbocycles. The van der Waals surface area contributed by atoms with Gasteiger partial charge in [0.05, 0.1) is 5.69 Å². The molecule has 2 aromatic heterocycles. The fraction of sp³-hybridized carbons (Fsp3) is 0.182. The Morgan fingerprint density at radius 2 is 2.28 bits per heavy atom. The molecule has 7 nitrogen and oxygen atoms in total. The molecule has 0 radical (unpaired) electrons. The number of imidazole rings is 1. The monoisotopic (exact) mass is 248 g/mol. The Balaban J connectivity index is 2.72. The minimum Gasteiger partial charge on any atom is -0.476 e. The van der Waals surface area contributed by atoms with Gasteiger partial charge in [-0.05, 0) is 18.6 Å². The highest BCUT2D eigenvalue weighted by Crippen LogP contribution is 2.15. The number of nitrogens with two attached hydrogens (primary N) is 1. The van der Waals surface area contributed by atoms with Crippen LogP contribution in [0.15, 0.2) is 23.5 Å². The van der Waals surface area contributed by atoms with Crippen LogP contribution >= 0.6 is 0 Å². The lowest BCUT2D eigenvalue weighted by Gasteiger charge is -2.02. The molecule has 0 spiro atoms. The van der Waals surface area contributed by atoms with Crippen molar-refractivity contribution in [2.24, 2.45) is 10.9 Å². The van der Waals surface area contributed by atoms with Gasteiger partial charge in [0.2, 0.25) is 0 Å². The first-order chi connectivity index (χ1) is 8.58. The molecule has 0 aliphatic carbocycles. The van der Waals surface area contributed by atoms with Crippen LogP contribution in [-0.4, -0.2) is 31.5 Å². The Morgan fingerprint density at radius 1 is 1.56 bits per heavy atom. The van der Waals surface area contributed by atoms with E-state index < -0.39 is 5.97 Å². The maximum atomic E-state index is 11.1. The van der Waals surface area contributed by atoms with Gasteiger partial charge in [0.25, 0.3) is 0 Å². The van der Waals surface area contributed by atoms with Crippen molar-refractivity contribution >= 4 is 17.5 Å². The third-order valence-electron chi connectivity index (χ3n) is 2.66. The number of aryl methyl sites for hydroxylation is 1. The first-order valence-corrected chi connectivity index (χ1v) is 5.30. The summed E-state index contributed by atoms with van der Waals surface area (Å²) >= 11 is 0. The smallest absolute Gasteiger partial charge is 0.356 e. The van der Waals surface area contributed by atoms with Gasteiger partial charge >= 0.3 is 5.97 Å². The summed E-state index contributed by atoms with van der Waals surface area (Å²) in [5.41, 5.74) is 7.10. The summed E-state index contributed by atoms with van der Waals surface area (Å²) in [6.45, 7) is 1.84. The van der Waals surface area contributed by atoms with Crippen LogP contribution in [0.1, 0.15) is 28.7 Å². The Hall–Kier alpha value is -2.57. The minimum absolute atomic E-state index is 0.0224. The van der Waals surface area contributed by atoms with Crippen molar-refractivity contribution in [3.8, 4) is 0 Å². The van der Waals surface area contributed by atoms with E-state index in [1.54, 1.807) is 22.7 Å². The zero-order valence-corrected chi connectivity index (χ0v) is 9.66. The van der Waals surface area contributed by atoms with Gasteiger partial charge in [0.1, 0.15) is 5.65 Å². The number of oxime groups is 1. The molecule has 0 unspecified atom stereocenters. The zero-order valence-electron chi connectivity index (χ0n) is 9.66. The fourth-order valence-electron chi connectivity index (χ4n) is 1.81. The van der Waals surface area contributed by atoms with Crippen molar-refractivity contribution in [2.75, 3.05) is 0 Å². The van der Waals surface area contributed by atoms with Crippen LogP contribution < -0.4 is 5.73 Å². The number of amidine groups is 1. The molecule has 4 N–H and O–H groups in total. The predicted octanol–water partition coefficient (Wildman–Crippen LogP) is 0.689. The predicted molar refractivity (Wildman–Crippen MR) is 64.0 cm³/mol. The number of carboxylic acids is 1. The topological polar surface area (TPSA) is 113 Å². The number of aromatic nitrogens is 2. The Labute approximate surface area is 102 Å². The lowest BCUT2D eigenvalue weighted by Crippen LogP contribution is -2.14. The van der Waals surface area contributed by atoms with E-state index in [1.165, 1.54) is 0 Å². The van der Waals surface area contributed by atoms with E-state index in [4.69, 9.17) is 16.0 Å². The third kappa shape index (κ3) is 1.75. The van der Waals surface area contributed by atoms with Crippen LogP contribution in [0.5, 0.6) is 0 Å². The van der Waals surface area contributed by atoms with Gasteiger partial charge in [-0.3, -0.25) is 0 Å². The highest BCUT2D eigenvalue weighted by molar-refractivity contribution is 5.97. The molecule has 2 aromatic rings. The Morgan fingerprint density at radius 3 is 2.83 bits per heavy atom. The van der Waals surface area contributed by atoms with Gasteiger partial charge in [0, 0.05) is 11.8 Å². The SMILES string of the molecule is CCc1c(C(=O)O)nc2ccc(/C(N)=N\O)cn12. The molecule has 2 rings (SSSR count). The van der Waals surface area contributed by atoms with Gasteiger partial charge in [-0.15, -0.1) is 0 Å². The van der Waals surface area contributed by atoms with Crippen LogP contribution in [-0.2, 0) is 6.42 Å². The molecule has 0 saturated heterocycles. The molecule has 0 saturated carbocycles. The maximum absolute atomic E-state index is 11.1. The van der Waals surface area contributed by atoms with Crippen molar-refractivity contribution in [1.82, 2.24) is 9.38 Å². The zero-order chi connectivity index (χ0) is 13.3. The van der Waals surface area contributed by atoms with E-state index in [-0.39, 0.29) is 11.5 Å². The molecule has 0 aliphatic rings. The number of carboxylic acid groups (broad SMARTS) is 1. The van der Waals surface area contributed by atoms with Gasteiger partial charge in [-0.1, -0.05) is 12.1 Å². The number of hydrogen-bond acceptors (Lipinski definition) is 4. The minimum atomic E-state index is -1.07. The van der Waals surface area contributed by atoms with E-state index >= 15 is 0 Å². The average Bonchev–Trinajstić information content (AvgIpc) is 2.75. The van der Waals surface area contributed by atoms with Crippen molar-refractivity contribution in [3.63, 3.8) is 0 Å².